The first-order chi connectivity index (χ1) is 14.1. The summed E-state index contributed by atoms with van der Waals surface area (Å²) >= 11 is 0. The number of nitrogens with zero attached hydrogens (tertiary/aromatic N) is 2. The number of hydrogen-bond donors (Lipinski definition) is 1. The number of benzene rings is 1. The minimum Gasteiger partial charge on any atom is -0.381 e. The van der Waals surface area contributed by atoms with Crippen molar-refractivity contribution >= 4 is 11.7 Å². The minimum absolute atomic E-state index is 0.0424. The molecule has 0 saturated carbocycles. The molecule has 0 atom stereocenters. The number of rotatable bonds is 7. The average Bonchev–Trinajstić information content (AvgIpc) is 2.79. The molecule has 0 aliphatic carbocycles. The van der Waals surface area contributed by atoms with Crippen LogP contribution in [0.5, 0.6) is 0 Å². The molecule has 29 heavy (non-hydrogen) atoms. The first-order valence-electron chi connectivity index (χ1n) is 10.3. The zero-order valence-corrected chi connectivity index (χ0v) is 17.6. The van der Waals surface area contributed by atoms with E-state index < -0.39 is 0 Å². The lowest BCUT2D eigenvalue weighted by atomic mass is 9.93. The molecule has 2 aliphatic heterocycles. The van der Waals surface area contributed by atoms with E-state index in [1.165, 1.54) is 0 Å². The van der Waals surface area contributed by atoms with Gasteiger partial charge in [0, 0.05) is 72.1 Å². The van der Waals surface area contributed by atoms with Crippen LogP contribution in [0.25, 0.3) is 0 Å². The number of hydrogen-bond acceptors (Lipinski definition) is 5. The van der Waals surface area contributed by atoms with Crippen molar-refractivity contribution < 1.29 is 19.0 Å². The van der Waals surface area contributed by atoms with Gasteiger partial charge in [0.1, 0.15) is 0 Å². The molecular weight excluding hydrogens is 370 g/mol. The van der Waals surface area contributed by atoms with Gasteiger partial charge in [0.05, 0.1) is 18.8 Å². The number of nitrogens with one attached hydrogen (secondary N) is 1. The van der Waals surface area contributed by atoms with Crippen LogP contribution in [-0.4, -0.2) is 76.7 Å². The van der Waals surface area contributed by atoms with E-state index in [1.807, 2.05) is 42.3 Å². The summed E-state index contributed by atoms with van der Waals surface area (Å²) in [6.07, 6.45) is 5.89. The van der Waals surface area contributed by atoms with Gasteiger partial charge in [-0.25, -0.2) is 4.79 Å². The zero-order chi connectivity index (χ0) is 20.5. The van der Waals surface area contributed by atoms with Gasteiger partial charge in [-0.05, 0) is 17.7 Å². The van der Waals surface area contributed by atoms with Crippen molar-refractivity contribution in [3.63, 3.8) is 0 Å². The SMILES string of the molecule is COC1(/C=C/COCc2ccc(N(C)C(=O)N3CCNCC3)cc2)CCOCC1. The molecule has 160 valence electrons. The van der Waals surface area contributed by atoms with Crippen LogP contribution in [0.15, 0.2) is 36.4 Å². The van der Waals surface area contributed by atoms with Gasteiger partial charge in [-0.15, -0.1) is 0 Å². The second kappa shape index (κ2) is 10.7. The van der Waals surface area contributed by atoms with E-state index in [9.17, 15) is 4.79 Å². The first-order valence-corrected chi connectivity index (χ1v) is 10.3. The van der Waals surface area contributed by atoms with Crippen LogP contribution in [0.3, 0.4) is 0 Å². The number of ether oxygens (including phenoxy) is 3. The van der Waals surface area contributed by atoms with Crippen LogP contribution >= 0.6 is 0 Å². The lowest BCUT2D eigenvalue weighted by Crippen LogP contribution is -2.50. The highest BCUT2D eigenvalue weighted by Crippen LogP contribution is 2.25. The van der Waals surface area contributed by atoms with Crippen LogP contribution in [0.4, 0.5) is 10.5 Å². The maximum absolute atomic E-state index is 12.6. The summed E-state index contributed by atoms with van der Waals surface area (Å²) in [5.74, 6) is 0. The fourth-order valence-corrected chi connectivity index (χ4v) is 3.66. The Bertz CT molecular complexity index is 665. The van der Waals surface area contributed by atoms with Crippen molar-refractivity contribution in [3.05, 3.63) is 42.0 Å². The Kier molecular flexibility index (Phi) is 8.06. The number of methoxy groups -OCH3 is 1. The van der Waals surface area contributed by atoms with Crippen molar-refractivity contribution in [2.24, 2.45) is 0 Å². The third-order valence-corrected chi connectivity index (χ3v) is 5.65. The number of piperazine rings is 1. The molecule has 2 amide bonds. The number of carbonyl (C=O) groups is 1. The predicted molar refractivity (Wildman–Crippen MR) is 113 cm³/mol. The highest BCUT2D eigenvalue weighted by Gasteiger charge is 2.29. The molecule has 0 spiro atoms. The lowest BCUT2D eigenvalue weighted by Gasteiger charge is -2.33. The van der Waals surface area contributed by atoms with Crippen LogP contribution < -0.4 is 10.2 Å². The average molecular weight is 404 g/mol. The molecule has 0 bridgehead atoms. The largest absolute Gasteiger partial charge is 0.381 e. The van der Waals surface area contributed by atoms with Gasteiger partial charge in [0.25, 0.3) is 0 Å². The van der Waals surface area contributed by atoms with Gasteiger partial charge in [0.2, 0.25) is 0 Å². The van der Waals surface area contributed by atoms with E-state index in [2.05, 4.69) is 11.4 Å². The quantitative estimate of drug-likeness (QED) is 0.560. The third kappa shape index (κ3) is 6.02. The molecule has 0 aromatic heterocycles. The molecule has 2 saturated heterocycles. The zero-order valence-electron chi connectivity index (χ0n) is 17.6. The van der Waals surface area contributed by atoms with E-state index in [1.54, 1.807) is 12.0 Å². The van der Waals surface area contributed by atoms with Crippen molar-refractivity contribution in [3.8, 4) is 0 Å². The molecule has 0 unspecified atom stereocenters. The van der Waals surface area contributed by atoms with Crippen LogP contribution in [0, 0.1) is 0 Å². The summed E-state index contributed by atoms with van der Waals surface area (Å²) in [6, 6.07) is 8.00. The van der Waals surface area contributed by atoms with Gasteiger partial charge in [-0.2, -0.15) is 0 Å². The Balaban J connectivity index is 1.44. The highest BCUT2D eigenvalue weighted by atomic mass is 16.5. The fourth-order valence-electron chi connectivity index (χ4n) is 3.66. The summed E-state index contributed by atoms with van der Waals surface area (Å²) in [5.41, 5.74) is 1.75. The topological polar surface area (TPSA) is 63.3 Å². The molecule has 1 N–H and O–H groups in total. The predicted octanol–water partition coefficient (Wildman–Crippen LogP) is 2.42. The summed E-state index contributed by atoms with van der Waals surface area (Å²) < 4.78 is 16.9. The van der Waals surface area contributed by atoms with Crippen LogP contribution in [-0.2, 0) is 20.8 Å². The maximum atomic E-state index is 12.6. The van der Waals surface area contributed by atoms with Crippen molar-refractivity contribution in [2.45, 2.75) is 25.0 Å². The Labute approximate surface area is 173 Å². The van der Waals surface area contributed by atoms with Gasteiger partial charge in [-0.1, -0.05) is 24.3 Å². The smallest absolute Gasteiger partial charge is 0.324 e. The van der Waals surface area contributed by atoms with Crippen molar-refractivity contribution in [1.29, 1.82) is 0 Å². The molecule has 2 aliphatic rings. The summed E-state index contributed by atoms with van der Waals surface area (Å²) in [4.78, 5) is 16.2. The molecule has 2 heterocycles. The second-order valence-corrected chi connectivity index (χ2v) is 7.54. The number of carbonyl (C=O) groups excluding carboxylic acids is 1. The summed E-state index contributed by atoms with van der Waals surface area (Å²) in [7, 11) is 3.57. The van der Waals surface area contributed by atoms with E-state index in [0.29, 0.717) is 13.2 Å². The van der Waals surface area contributed by atoms with Gasteiger partial charge in [-0.3, -0.25) is 4.90 Å². The van der Waals surface area contributed by atoms with E-state index in [4.69, 9.17) is 14.2 Å². The monoisotopic (exact) mass is 403 g/mol. The molecule has 2 fully saturated rings. The number of amides is 2. The second-order valence-electron chi connectivity index (χ2n) is 7.54. The minimum atomic E-state index is -0.217. The number of anilines is 1. The number of urea groups is 1. The fraction of sp³-hybridized carbons (Fsp3) is 0.591. The Morgan fingerprint density at radius 3 is 2.59 bits per heavy atom. The Morgan fingerprint density at radius 2 is 1.93 bits per heavy atom. The van der Waals surface area contributed by atoms with Crippen molar-refractivity contribution in [2.75, 3.05) is 65.1 Å². The summed E-state index contributed by atoms with van der Waals surface area (Å²) in [6.45, 7) is 5.74. The van der Waals surface area contributed by atoms with Crippen molar-refractivity contribution in [1.82, 2.24) is 10.2 Å². The first kappa shape index (κ1) is 21.8. The molecular formula is C22H33N3O4. The standard InChI is InChI=1S/C22H33N3O4/c1-24(21(26)25-13-11-23-12-14-25)20-6-4-19(5-7-20)18-29-15-3-8-22(27-2)9-16-28-17-10-22/h3-8,23H,9-18H2,1-2H3/b8-3+. The Hall–Kier alpha value is -1.93. The van der Waals surface area contributed by atoms with Crippen LogP contribution in [0.2, 0.25) is 0 Å². The molecule has 3 rings (SSSR count). The van der Waals surface area contributed by atoms with E-state index in [0.717, 1.165) is 63.5 Å². The molecule has 7 heteroatoms. The summed E-state index contributed by atoms with van der Waals surface area (Å²) in [5, 5.41) is 3.26. The van der Waals surface area contributed by atoms with E-state index in [-0.39, 0.29) is 11.6 Å². The van der Waals surface area contributed by atoms with Crippen LogP contribution in [0.1, 0.15) is 18.4 Å². The molecule has 1 aromatic rings. The Morgan fingerprint density at radius 1 is 1.24 bits per heavy atom. The molecule has 0 radical (unpaired) electrons. The van der Waals surface area contributed by atoms with E-state index >= 15 is 0 Å². The lowest BCUT2D eigenvalue weighted by molar-refractivity contribution is -0.0589. The third-order valence-electron chi connectivity index (χ3n) is 5.65. The normalized spacial score (nSPS) is 19.4. The van der Waals surface area contributed by atoms with Gasteiger partial charge < -0.3 is 24.4 Å². The maximum Gasteiger partial charge on any atom is 0.324 e. The molecule has 1 aromatic carbocycles. The molecule has 7 nitrogen and oxygen atoms in total. The van der Waals surface area contributed by atoms with Gasteiger partial charge >= 0.3 is 6.03 Å². The van der Waals surface area contributed by atoms with Gasteiger partial charge in [0.15, 0.2) is 0 Å². The highest BCUT2D eigenvalue weighted by molar-refractivity contribution is 5.91.